The summed E-state index contributed by atoms with van der Waals surface area (Å²) >= 11 is 0. The molecule has 0 spiro atoms. The number of nitrogens with zero attached hydrogens (tertiary/aromatic N) is 1. The first-order valence-electron chi connectivity index (χ1n) is 6.15. The lowest BCUT2D eigenvalue weighted by atomic mass is 10.0. The minimum Gasteiger partial charge on any atom is -0.396 e. The standard InChI is InChI=1S/C12H26N2O/c1-9(2)14-6-5-12(7-14)13-11(4)10(3)8-15/h9-13,15H,5-8H2,1-4H3. The van der Waals surface area contributed by atoms with E-state index in [1.165, 1.54) is 13.0 Å². The first-order valence-corrected chi connectivity index (χ1v) is 6.15. The largest absolute Gasteiger partial charge is 0.396 e. The zero-order valence-corrected chi connectivity index (χ0v) is 10.5. The molecule has 1 aliphatic heterocycles. The predicted octanol–water partition coefficient (Wildman–Crippen LogP) is 1.08. The summed E-state index contributed by atoms with van der Waals surface area (Å²) in [6.07, 6.45) is 1.24. The molecule has 0 radical (unpaired) electrons. The van der Waals surface area contributed by atoms with Gasteiger partial charge in [0.15, 0.2) is 0 Å². The third-order valence-electron chi connectivity index (χ3n) is 3.59. The molecule has 1 rings (SSSR count). The van der Waals surface area contributed by atoms with Crippen LogP contribution in [0.4, 0.5) is 0 Å². The van der Waals surface area contributed by atoms with Crippen molar-refractivity contribution in [2.45, 2.75) is 52.2 Å². The highest BCUT2D eigenvalue weighted by atomic mass is 16.3. The van der Waals surface area contributed by atoms with Crippen LogP contribution in [0.1, 0.15) is 34.1 Å². The Balaban J connectivity index is 2.29. The van der Waals surface area contributed by atoms with Crippen molar-refractivity contribution in [1.29, 1.82) is 0 Å². The van der Waals surface area contributed by atoms with Gasteiger partial charge in [0, 0.05) is 31.3 Å². The lowest BCUT2D eigenvalue weighted by Gasteiger charge is -2.25. The van der Waals surface area contributed by atoms with Gasteiger partial charge >= 0.3 is 0 Å². The van der Waals surface area contributed by atoms with E-state index in [1.54, 1.807) is 0 Å². The number of aliphatic hydroxyl groups excluding tert-OH is 1. The zero-order chi connectivity index (χ0) is 11.4. The normalized spacial score (nSPS) is 27.2. The second-order valence-corrected chi connectivity index (χ2v) is 5.19. The first kappa shape index (κ1) is 12.9. The molecule has 0 saturated carbocycles. The molecular formula is C12H26N2O. The smallest absolute Gasteiger partial charge is 0.0471 e. The second-order valence-electron chi connectivity index (χ2n) is 5.19. The fraction of sp³-hybridized carbons (Fsp3) is 1.00. The van der Waals surface area contributed by atoms with Crippen LogP contribution in [0.2, 0.25) is 0 Å². The van der Waals surface area contributed by atoms with E-state index in [-0.39, 0.29) is 6.61 Å². The van der Waals surface area contributed by atoms with Crippen molar-refractivity contribution in [3.8, 4) is 0 Å². The van der Waals surface area contributed by atoms with E-state index in [1.807, 2.05) is 0 Å². The number of aliphatic hydroxyl groups is 1. The van der Waals surface area contributed by atoms with Crippen LogP contribution in [-0.4, -0.2) is 47.8 Å². The molecule has 1 saturated heterocycles. The quantitative estimate of drug-likeness (QED) is 0.719. The van der Waals surface area contributed by atoms with E-state index in [9.17, 15) is 0 Å². The van der Waals surface area contributed by atoms with Gasteiger partial charge in [-0.3, -0.25) is 4.90 Å². The molecule has 1 aliphatic rings. The van der Waals surface area contributed by atoms with Gasteiger partial charge in [-0.15, -0.1) is 0 Å². The molecule has 3 atom stereocenters. The van der Waals surface area contributed by atoms with Crippen LogP contribution in [-0.2, 0) is 0 Å². The number of hydrogen-bond donors (Lipinski definition) is 2. The Hall–Kier alpha value is -0.120. The van der Waals surface area contributed by atoms with Gasteiger partial charge in [-0.05, 0) is 39.7 Å². The molecule has 3 heteroatoms. The van der Waals surface area contributed by atoms with E-state index in [4.69, 9.17) is 5.11 Å². The minimum atomic E-state index is 0.273. The fourth-order valence-electron chi connectivity index (χ4n) is 2.09. The van der Waals surface area contributed by atoms with Crippen LogP contribution < -0.4 is 5.32 Å². The van der Waals surface area contributed by atoms with E-state index in [0.717, 1.165) is 6.54 Å². The maximum absolute atomic E-state index is 9.07. The molecule has 3 nitrogen and oxygen atoms in total. The van der Waals surface area contributed by atoms with Gasteiger partial charge in [0.05, 0.1) is 0 Å². The second kappa shape index (κ2) is 5.83. The third-order valence-corrected chi connectivity index (χ3v) is 3.59. The van der Waals surface area contributed by atoms with Crippen LogP contribution in [0.25, 0.3) is 0 Å². The molecule has 0 bridgehead atoms. The van der Waals surface area contributed by atoms with Crippen molar-refractivity contribution in [3.05, 3.63) is 0 Å². The molecule has 15 heavy (non-hydrogen) atoms. The van der Waals surface area contributed by atoms with Crippen LogP contribution in [0.3, 0.4) is 0 Å². The SMILES string of the molecule is CC(CO)C(C)NC1CCN(C(C)C)C1. The van der Waals surface area contributed by atoms with Gasteiger partial charge in [0.1, 0.15) is 0 Å². The Labute approximate surface area is 93.9 Å². The third kappa shape index (κ3) is 3.74. The van der Waals surface area contributed by atoms with Crippen LogP contribution in [0, 0.1) is 5.92 Å². The van der Waals surface area contributed by atoms with E-state index < -0.39 is 0 Å². The molecular weight excluding hydrogens is 188 g/mol. The molecule has 0 aliphatic carbocycles. The maximum Gasteiger partial charge on any atom is 0.0471 e. The molecule has 1 fully saturated rings. The topological polar surface area (TPSA) is 35.5 Å². The molecule has 0 aromatic rings. The Morgan fingerprint density at radius 3 is 2.47 bits per heavy atom. The lowest BCUT2D eigenvalue weighted by Crippen LogP contribution is -2.43. The van der Waals surface area contributed by atoms with Gasteiger partial charge in [-0.25, -0.2) is 0 Å². The zero-order valence-electron chi connectivity index (χ0n) is 10.5. The van der Waals surface area contributed by atoms with Crippen LogP contribution >= 0.6 is 0 Å². The number of likely N-dealkylation sites (tertiary alicyclic amines) is 1. The van der Waals surface area contributed by atoms with Gasteiger partial charge < -0.3 is 10.4 Å². The Morgan fingerprint density at radius 2 is 2.00 bits per heavy atom. The Kier molecular flexibility index (Phi) is 5.03. The van der Waals surface area contributed by atoms with Crippen LogP contribution in [0.5, 0.6) is 0 Å². The molecule has 0 aromatic carbocycles. The van der Waals surface area contributed by atoms with Crippen molar-refractivity contribution in [1.82, 2.24) is 10.2 Å². The number of nitrogens with one attached hydrogen (secondary N) is 1. The molecule has 2 N–H and O–H groups in total. The van der Waals surface area contributed by atoms with Crippen molar-refractivity contribution >= 4 is 0 Å². The monoisotopic (exact) mass is 214 g/mol. The highest BCUT2D eigenvalue weighted by molar-refractivity contribution is 4.85. The predicted molar refractivity (Wildman–Crippen MR) is 64.0 cm³/mol. The molecule has 0 aromatic heterocycles. The summed E-state index contributed by atoms with van der Waals surface area (Å²) in [5, 5.41) is 12.7. The first-order chi connectivity index (χ1) is 7.04. The summed E-state index contributed by atoms with van der Waals surface area (Å²) < 4.78 is 0. The van der Waals surface area contributed by atoms with Gasteiger partial charge in [0.25, 0.3) is 0 Å². The highest BCUT2D eigenvalue weighted by Crippen LogP contribution is 2.14. The summed E-state index contributed by atoms with van der Waals surface area (Å²) in [5.41, 5.74) is 0. The van der Waals surface area contributed by atoms with Gasteiger partial charge in [-0.1, -0.05) is 6.92 Å². The summed E-state index contributed by atoms with van der Waals surface area (Å²) in [5.74, 6) is 0.345. The van der Waals surface area contributed by atoms with Gasteiger partial charge in [0.2, 0.25) is 0 Å². The average molecular weight is 214 g/mol. The van der Waals surface area contributed by atoms with Crippen LogP contribution in [0.15, 0.2) is 0 Å². The molecule has 0 amide bonds. The van der Waals surface area contributed by atoms with Crippen molar-refractivity contribution in [2.75, 3.05) is 19.7 Å². The van der Waals surface area contributed by atoms with Crippen molar-refractivity contribution in [2.24, 2.45) is 5.92 Å². The average Bonchev–Trinajstić information content (AvgIpc) is 2.65. The molecule has 3 unspecified atom stereocenters. The van der Waals surface area contributed by atoms with E-state index in [0.29, 0.717) is 24.0 Å². The van der Waals surface area contributed by atoms with E-state index >= 15 is 0 Å². The fourth-order valence-corrected chi connectivity index (χ4v) is 2.09. The van der Waals surface area contributed by atoms with Crippen molar-refractivity contribution in [3.63, 3.8) is 0 Å². The highest BCUT2D eigenvalue weighted by Gasteiger charge is 2.25. The number of hydrogen-bond acceptors (Lipinski definition) is 3. The van der Waals surface area contributed by atoms with E-state index in [2.05, 4.69) is 37.9 Å². The maximum atomic E-state index is 9.07. The Bertz CT molecular complexity index is 184. The summed E-state index contributed by atoms with van der Waals surface area (Å²) in [6, 6.07) is 1.67. The lowest BCUT2D eigenvalue weighted by molar-refractivity contribution is 0.198. The minimum absolute atomic E-state index is 0.273. The summed E-state index contributed by atoms with van der Waals surface area (Å²) in [4.78, 5) is 2.51. The molecule has 90 valence electrons. The summed E-state index contributed by atoms with van der Waals surface area (Å²) in [6.45, 7) is 11.4. The van der Waals surface area contributed by atoms with Crippen molar-refractivity contribution < 1.29 is 5.11 Å². The Morgan fingerprint density at radius 1 is 1.33 bits per heavy atom. The van der Waals surface area contributed by atoms with Gasteiger partial charge in [-0.2, -0.15) is 0 Å². The summed E-state index contributed by atoms with van der Waals surface area (Å²) in [7, 11) is 0. The molecule has 1 heterocycles. The number of rotatable bonds is 5.